The van der Waals surface area contributed by atoms with Crippen LogP contribution in [0, 0.1) is 28.5 Å². The number of nitrogens with one attached hydrogen (secondary N) is 1. The van der Waals surface area contributed by atoms with Crippen molar-refractivity contribution in [2.75, 3.05) is 5.32 Å². The van der Waals surface area contributed by atoms with Gasteiger partial charge in [-0.3, -0.25) is 0 Å². The predicted molar refractivity (Wildman–Crippen MR) is 79.9 cm³/mol. The molecule has 1 aliphatic carbocycles. The predicted octanol–water partition coefficient (Wildman–Crippen LogP) is 4.71. The Hall–Kier alpha value is -1.56. The van der Waals surface area contributed by atoms with E-state index in [4.69, 9.17) is 5.26 Å². The van der Waals surface area contributed by atoms with E-state index >= 15 is 0 Å². The van der Waals surface area contributed by atoms with Crippen molar-refractivity contribution in [3.8, 4) is 6.07 Å². The molecule has 1 fully saturated rings. The molecule has 1 N–H and O–H groups in total. The van der Waals surface area contributed by atoms with Crippen LogP contribution in [0.2, 0.25) is 0 Å². The van der Waals surface area contributed by atoms with E-state index in [0.29, 0.717) is 17.6 Å². The number of benzene rings is 1. The SMILES string of the molecule is CC(C)(C)C1CCCCC1Nc1cccc(F)c1C#N. The molecule has 2 nitrogen and oxygen atoms in total. The summed E-state index contributed by atoms with van der Waals surface area (Å²) in [4.78, 5) is 0. The summed E-state index contributed by atoms with van der Waals surface area (Å²) < 4.78 is 13.7. The lowest BCUT2D eigenvalue weighted by Gasteiger charge is -2.41. The van der Waals surface area contributed by atoms with Crippen LogP contribution in [-0.4, -0.2) is 6.04 Å². The Morgan fingerprint density at radius 2 is 1.95 bits per heavy atom. The maximum Gasteiger partial charge on any atom is 0.143 e. The first-order chi connectivity index (χ1) is 9.43. The third kappa shape index (κ3) is 3.12. The summed E-state index contributed by atoms with van der Waals surface area (Å²) in [6, 6.07) is 7.09. The van der Waals surface area contributed by atoms with Crippen LogP contribution in [0.3, 0.4) is 0 Å². The molecular weight excluding hydrogens is 251 g/mol. The first kappa shape index (κ1) is 14.8. The standard InChI is InChI=1S/C17H23FN2/c1-17(2,3)13-7-4-5-9-16(13)20-15-10-6-8-14(18)12(15)11-19/h6,8,10,13,16,20H,4-5,7,9H2,1-3H3. The first-order valence-electron chi connectivity index (χ1n) is 7.38. The van der Waals surface area contributed by atoms with Gasteiger partial charge in [0.25, 0.3) is 0 Å². The molecule has 0 saturated heterocycles. The second-order valence-electron chi connectivity index (χ2n) is 6.78. The van der Waals surface area contributed by atoms with E-state index < -0.39 is 5.82 Å². The summed E-state index contributed by atoms with van der Waals surface area (Å²) in [5, 5.41) is 12.6. The fraction of sp³-hybridized carbons (Fsp3) is 0.588. The molecule has 0 heterocycles. The van der Waals surface area contributed by atoms with E-state index in [1.165, 1.54) is 25.3 Å². The molecule has 0 spiro atoms. The molecule has 1 aliphatic rings. The molecule has 2 rings (SSSR count). The third-order valence-corrected chi connectivity index (χ3v) is 4.34. The largest absolute Gasteiger partial charge is 0.381 e. The Morgan fingerprint density at radius 3 is 2.60 bits per heavy atom. The average molecular weight is 274 g/mol. The van der Waals surface area contributed by atoms with E-state index in [1.807, 2.05) is 6.07 Å². The van der Waals surface area contributed by atoms with Crippen LogP contribution >= 0.6 is 0 Å². The highest BCUT2D eigenvalue weighted by Gasteiger charge is 2.34. The summed E-state index contributed by atoms with van der Waals surface area (Å²) in [5.41, 5.74) is 0.984. The van der Waals surface area contributed by atoms with Gasteiger partial charge in [-0.25, -0.2) is 4.39 Å². The van der Waals surface area contributed by atoms with Crippen LogP contribution in [0.5, 0.6) is 0 Å². The molecule has 0 radical (unpaired) electrons. The van der Waals surface area contributed by atoms with Gasteiger partial charge >= 0.3 is 0 Å². The lowest BCUT2D eigenvalue weighted by Crippen LogP contribution is -2.40. The molecule has 1 saturated carbocycles. The van der Waals surface area contributed by atoms with Crippen molar-refractivity contribution in [3.05, 3.63) is 29.6 Å². The van der Waals surface area contributed by atoms with Crippen molar-refractivity contribution in [2.24, 2.45) is 11.3 Å². The monoisotopic (exact) mass is 274 g/mol. The summed E-state index contributed by atoms with van der Waals surface area (Å²) in [6.45, 7) is 6.78. The van der Waals surface area contributed by atoms with Crippen LogP contribution < -0.4 is 5.32 Å². The Labute approximate surface area is 121 Å². The molecule has 0 bridgehead atoms. The van der Waals surface area contributed by atoms with Crippen molar-refractivity contribution >= 4 is 5.69 Å². The number of nitrogens with zero attached hydrogens (tertiary/aromatic N) is 1. The topological polar surface area (TPSA) is 35.8 Å². The maximum absolute atomic E-state index is 13.7. The first-order valence-corrected chi connectivity index (χ1v) is 7.38. The lowest BCUT2D eigenvalue weighted by molar-refractivity contribution is 0.163. The Kier molecular flexibility index (Phi) is 4.32. The van der Waals surface area contributed by atoms with Crippen LogP contribution in [0.25, 0.3) is 0 Å². The van der Waals surface area contributed by atoms with Crippen molar-refractivity contribution in [2.45, 2.75) is 52.5 Å². The van der Waals surface area contributed by atoms with Crippen LogP contribution in [-0.2, 0) is 0 Å². The fourth-order valence-corrected chi connectivity index (χ4v) is 3.30. The molecule has 20 heavy (non-hydrogen) atoms. The van der Waals surface area contributed by atoms with Gasteiger partial charge in [0.1, 0.15) is 17.4 Å². The molecule has 3 heteroatoms. The maximum atomic E-state index is 13.7. The quantitative estimate of drug-likeness (QED) is 0.847. The Morgan fingerprint density at radius 1 is 1.25 bits per heavy atom. The van der Waals surface area contributed by atoms with Crippen LogP contribution in [0.15, 0.2) is 18.2 Å². The second-order valence-corrected chi connectivity index (χ2v) is 6.78. The molecule has 108 valence electrons. The van der Waals surface area contributed by atoms with Crippen molar-refractivity contribution in [1.29, 1.82) is 5.26 Å². The highest BCUT2D eigenvalue weighted by molar-refractivity contribution is 5.58. The number of anilines is 1. The summed E-state index contributed by atoms with van der Waals surface area (Å²) >= 11 is 0. The van der Waals surface area contributed by atoms with Gasteiger partial charge in [0.15, 0.2) is 0 Å². The summed E-state index contributed by atoms with van der Waals surface area (Å²) in [7, 11) is 0. The minimum Gasteiger partial charge on any atom is -0.381 e. The normalized spacial score (nSPS) is 23.1. The highest BCUT2D eigenvalue weighted by atomic mass is 19.1. The van der Waals surface area contributed by atoms with Gasteiger partial charge in [0.2, 0.25) is 0 Å². The smallest absolute Gasteiger partial charge is 0.143 e. The molecule has 1 aromatic carbocycles. The van der Waals surface area contributed by atoms with Gasteiger partial charge in [0, 0.05) is 6.04 Å². The lowest BCUT2D eigenvalue weighted by atomic mass is 9.69. The number of hydrogen-bond acceptors (Lipinski definition) is 2. The minimum absolute atomic E-state index is 0.130. The van der Waals surface area contributed by atoms with Crippen molar-refractivity contribution in [3.63, 3.8) is 0 Å². The van der Waals surface area contributed by atoms with Gasteiger partial charge in [-0.15, -0.1) is 0 Å². The summed E-state index contributed by atoms with van der Waals surface area (Å²) in [6.07, 6.45) is 4.73. The van der Waals surface area contributed by atoms with E-state index in [9.17, 15) is 4.39 Å². The molecule has 1 aromatic rings. The molecule has 2 unspecified atom stereocenters. The zero-order valence-corrected chi connectivity index (χ0v) is 12.5. The van der Waals surface area contributed by atoms with E-state index in [1.54, 1.807) is 12.1 Å². The molecule has 0 amide bonds. The molecule has 2 atom stereocenters. The minimum atomic E-state index is -0.444. The van der Waals surface area contributed by atoms with Gasteiger partial charge in [0.05, 0.1) is 5.69 Å². The number of nitriles is 1. The van der Waals surface area contributed by atoms with Gasteiger partial charge in [-0.1, -0.05) is 39.7 Å². The van der Waals surface area contributed by atoms with Crippen LogP contribution in [0.4, 0.5) is 10.1 Å². The van der Waals surface area contributed by atoms with Gasteiger partial charge in [-0.2, -0.15) is 5.26 Å². The number of halogens is 1. The fourth-order valence-electron chi connectivity index (χ4n) is 3.30. The van der Waals surface area contributed by atoms with E-state index in [-0.39, 0.29) is 11.0 Å². The van der Waals surface area contributed by atoms with E-state index in [2.05, 4.69) is 26.1 Å². The van der Waals surface area contributed by atoms with Crippen LogP contribution in [0.1, 0.15) is 52.0 Å². The number of rotatable bonds is 2. The molecule has 0 aromatic heterocycles. The highest BCUT2D eigenvalue weighted by Crippen LogP contribution is 2.39. The molecule has 0 aliphatic heterocycles. The summed E-state index contributed by atoms with van der Waals surface area (Å²) in [5.74, 6) is 0.103. The van der Waals surface area contributed by atoms with Gasteiger partial charge < -0.3 is 5.32 Å². The molecular formula is C17H23FN2. The average Bonchev–Trinajstić information content (AvgIpc) is 2.38. The van der Waals surface area contributed by atoms with Gasteiger partial charge in [-0.05, 0) is 36.3 Å². The Balaban J connectivity index is 2.24. The van der Waals surface area contributed by atoms with E-state index in [0.717, 1.165) is 6.42 Å². The van der Waals surface area contributed by atoms with Crippen molar-refractivity contribution in [1.82, 2.24) is 0 Å². The number of hydrogen-bond donors (Lipinski definition) is 1. The van der Waals surface area contributed by atoms with Crippen molar-refractivity contribution < 1.29 is 4.39 Å². The zero-order chi connectivity index (χ0) is 14.8. The second kappa shape index (κ2) is 5.83. The zero-order valence-electron chi connectivity index (χ0n) is 12.5. The Bertz CT molecular complexity index is 511. The third-order valence-electron chi connectivity index (χ3n) is 4.34.